The summed E-state index contributed by atoms with van der Waals surface area (Å²) in [5, 5.41) is 18.7. The first kappa shape index (κ1) is 28.0. The van der Waals surface area contributed by atoms with Gasteiger partial charge in [-0.1, -0.05) is 45.9 Å². The number of nitrogens with zero attached hydrogens (tertiary/aromatic N) is 3. The summed E-state index contributed by atoms with van der Waals surface area (Å²) in [7, 11) is 0. The maximum atomic E-state index is 9.48. The van der Waals surface area contributed by atoms with E-state index in [0.717, 1.165) is 56.8 Å². The molecule has 2 heterocycles. The first-order valence-corrected chi connectivity index (χ1v) is 14.2. The van der Waals surface area contributed by atoms with Gasteiger partial charge in [0.2, 0.25) is 0 Å². The van der Waals surface area contributed by atoms with Crippen LogP contribution in [0.25, 0.3) is 11.3 Å². The summed E-state index contributed by atoms with van der Waals surface area (Å²) < 4.78 is 0. The highest BCUT2D eigenvalue weighted by molar-refractivity contribution is 5.65. The first-order valence-electron chi connectivity index (χ1n) is 14.2. The van der Waals surface area contributed by atoms with E-state index in [9.17, 15) is 10.2 Å². The molecule has 0 unspecified atom stereocenters. The van der Waals surface area contributed by atoms with Crippen LogP contribution in [0, 0.1) is 0 Å². The lowest BCUT2D eigenvalue weighted by Gasteiger charge is -2.42. The third kappa shape index (κ3) is 6.54. The molecule has 2 aromatic rings. The van der Waals surface area contributed by atoms with E-state index in [1.807, 2.05) is 0 Å². The molecule has 6 heteroatoms. The van der Waals surface area contributed by atoms with Gasteiger partial charge in [-0.05, 0) is 85.2 Å². The van der Waals surface area contributed by atoms with Crippen LogP contribution in [0.2, 0.25) is 0 Å². The molecule has 0 amide bonds. The number of hydrogen-bond acceptors (Lipinski definition) is 6. The highest BCUT2D eigenvalue weighted by Crippen LogP contribution is 2.46. The zero-order valence-corrected chi connectivity index (χ0v) is 23.4. The summed E-state index contributed by atoms with van der Waals surface area (Å²) >= 11 is 0. The largest absolute Gasteiger partial charge is 0.396 e. The SMILES string of the molecule is CC1(C)CCC(C)(C)c2cc(-c3cccc(N4CCC(N(CCCCO)C[C@@H](N)CO)CC4)n3)ccc21. The minimum absolute atomic E-state index is 0.00340. The van der Waals surface area contributed by atoms with Crippen LogP contribution in [-0.2, 0) is 10.8 Å². The smallest absolute Gasteiger partial charge is 0.129 e. The summed E-state index contributed by atoms with van der Waals surface area (Å²) in [5.74, 6) is 1.05. The zero-order chi connectivity index (χ0) is 26.6. The number of nitrogens with two attached hydrogens (primary N) is 1. The van der Waals surface area contributed by atoms with Crippen LogP contribution < -0.4 is 10.6 Å². The maximum absolute atomic E-state index is 9.48. The Morgan fingerprint density at radius 2 is 1.70 bits per heavy atom. The number of benzene rings is 1. The van der Waals surface area contributed by atoms with Gasteiger partial charge in [-0.3, -0.25) is 4.90 Å². The number of aromatic nitrogens is 1. The molecule has 2 aliphatic rings. The van der Waals surface area contributed by atoms with Crippen LogP contribution in [-0.4, -0.2) is 71.6 Å². The fourth-order valence-corrected chi connectivity index (χ4v) is 6.18. The van der Waals surface area contributed by atoms with Gasteiger partial charge in [0, 0.05) is 43.9 Å². The summed E-state index contributed by atoms with van der Waals surface area (Å²) in [5.41, 5.74) is 11.7. The quantitative estimate of drug-likeness (QED) is 0.411. The number of aliphatic hydroxyl groups excluding tert-OH is 2. The summed E-state index contributed by atoms with van der Waals surface area (Å²) in [6.07, 6.45) is 6.28. The standard InChI is InChI=1S/C31H48N4O2/c1-30(2)14-15-31(3,4)27-20-23(10-11-26(27)30)28-8-7-9-29(33-28)34-17-12-25(13-18-34)35(16-5-6-19-36)21-24(32)22-37/h7-11,20,24-25,36-37H,5-6,12-19,21-22,32H2,1-4H3/t24-/m1/s1. The summed E-state index contributed by atoms with van der Waals surface area (Å²) in [6, 6.07) is 13.6. The molecule has 1 aliphatic heterocycles. The summed E-state index contributed by atoms with van der Waals surface area (Å²) in [6.45, 7) is 13.2. The van der Waals surface area contributed by atoms with Gasteiger partial charge in [0.05, 0.1) is 12.3 Å². The third-order valence-electron chi connectivity index (χ3n) is 8.74. The van der Waals surface area contributed by atoms with Crippen molar-refractivity contribution in [3.63, 3.8) is 0 Å². The molecule has 0 radical (unpaired) electrons. The van der Waals surface area contributed by atoms with E-state index in [0.29, 0.717) is 12.6 Å². The lowest BCUT2D eigenvalue weighted by Crippen LogP contribution is -2.50. The van der Waals surface area contributed by atoms with Crippen molar-refractivity contribution >= 4 is 5.82 Å². The van der Waals surface area contributed by atoms with Gasteiger partial charge in [0.15, 0.2) is 0 Å². The molecule has 1 fully saturated rings. The fourth-order valence-electron chi connectivity index (χ4n) is 6.18. The first-order chi connectivity index (χ1) is 17.6. The maximum Gasteiger partial charge on any atom is 0.129 e. The van der Waals surface area contributed by atoms with Crippen LogP contribution in [0.3, 0.4) is 0 Å². The van der Waals surface area contributed by atoms with E-state index < -0.39 is 0 Å². The molecule has 0 bridgehead atoms. The van der Waals surface area contributed by atoms with Crippen molar-refractivity contribution in [2.45, 2.75) is 89.1 Å². The van der Waals surface area contributed by atoms with Crippen molar-refractivity contribution in [3.05, 3.63) is 47.5 Å². The summed E-state index contributed by atoms with van der Waals surface area (Å²) in [4.78, 5) is 9.95. The van der Waals surface area contributed by atoms with Gasteiger partial charge < -0.3 is 20.8 Å². The van der Waals surface area contributed by atoms with Gasteiger partial charge in [-0.15, -0.1) is 0 Å². The van der Waals surface area contributed by atoms with E-state index in [4.69, 9.17) is 10.7 Å². The van der Waals surface area contributed by atoms with Crippen molar-refractivity contribution in [2.75, 3.05) is 44.3 Å². The molecule has 1 atom stereocenters. The van der Waals surface area contributed by atoms with Gasteiger partial charge in [-0.25, -0.2) is 4.98 Å². The predicted molar refractivity (Wildman–Crippen MR) is 153 cm³/mol. The van der Waals surface area contributed by atoms with E-state index in [1.165, 1.54) is 29.5 Å². The van der Waals surface area contributed by atoms with Gasteiger partial charge in [-0.2, -0.15) is 0 Å². The molecule has 1 saturated heterocycles. The number of rotatable bonds is 10. The highest BCUT2D eigenvalue weighted by atomic mass is 16.3. The highest BCUT2D eigenvalue weighted by Gasteiger charge is 2.37. The Morgan fingerprint density at radius 1 is 1.00 bits per heavy atom. The van der Waals surface area contributed by atoms with Crippen LogP contribution in [0.5, 0.6) is 0 Å². The van der Waals surface area contributed by atoms with Crippen LogP contribution in [0.4, 0.5) is 5.82 Å². The molecular weight excluding hydrogens is 460 g/mol. The molecule has 1 aromatic heterocycles. The average Bonchev–Trinajstić information content (AvgIpc) is 2.91. The third-order valence-corrected chi connectivity index (χ3v) is 8.74. The van der Waals surface area contributed by atoms with Crippen molar-refractivity contribution < 1.29 is 10.2 Å². The minimum Gasteiger partial charge on any atom is -0.396 e. The second-order valence-electron chi connectivity index (χ2n) is 12.5. The van der Waals surface area contributed by atoms with E-state index in [-0.39, 0.29) is 30.1 Å². The van der Waals surface area contributed by atoms with Gasteiger partial charge in [0.25, 0.3) is 0 Å². The van der Waals surface area contributed by atoms with E-state index >= 15 is 0 Å². The molecule has 1 aliphatic carbocycles. The Labute approximate surface area is 223 Å². The van der Waals surface area contributed by atoms with Crippen LogP contribution >= 0.6 is 0 Å². The molecule has 4 rings (SSSR count). The lowest BCUT2D eigenvalue weighted by molar-refractivity contribution is 0.134. The molecule has 37 heavy (non-hydrogen) atoms. The molecular formula is C31H48N4O2. The lowest BCUT2D eigenvalue weighted by atomic mass is 9.63. The Balaban J connectivity index is 1.47. The Kier molecular flexibility index (Phi) is 8.95. The number of fused-ring (bicyclic) bond motifs is 1. The average molecular weight is 509 g/mol. The topological polar surface area (TPSA) is 85.9 Å². The Hall–Kier alpha value is -1.99. The number of piperidine rings is 1. The number of pyridine rings is 1. The monoisotopic (exact) mass is 508 g/mol. The van der Waals surface area contributed by atoms with Crippen molar-refractivity contribution in [1.82, 2.24) is 9.88 Å². The van der Waals surface area contributed by atoms with E-state index in [2.05, 4.69) is 73.9 Å². The predicted octanol–water partition coefficient (Wildman–Crippen LogP) is 4.46. The Bertz CT molecular complexity index is 1030. The molecule has 1 aromatic carbocycles. The fraction of sp³-hybridized carbons (Fsp3) is 0.645. The number of aliphatic hydroxyl groups is 2. The molecule has 6 nitrogen and oxygen atoms in total. The normalized spacial score (nSPS) is 20.2. The van der Waals surface area contributed by atoms with E-state index in [1.54, 1.807) is 0 Å². The molecule has 0 spiro atoms. The van der Waals surface area contributed by atoms with Crippen LogP contribution in [0.15, 0.2) is 36.4 Å². The number of unbranched alkanes of at least 4 members (excludes halogenated alkanes) is 1. The second kappa shape index (κ2) is 11.8. The van der Waals surface area contributed by atoms with Gasteiger partial charge in [0.1, 0.15) is 5.82 Å². The molecule has 4 N–H and O–H groups in total. The Morgan fingerprint density at radius 3 is 2.38 bits per heavy atom. The number of hydrogen-bond donors (Lipinski definition) is 3. The van der Waals surface area contributed by atoms with Crippen molar-refractivity contribution in [1.29, 1.82) is 0 Å². The van der Waals surface area contributed by atoms with Gasteiger partial charge >= 0.3 is 0 Å². The molecule has 0 saturated carbocycles. The second-order valence-corrected chi connectivity index (χ2v) is 12.5. The zero-order valence-electron chi connectivity index (χ0n) is 23.4. The number of anilines is 1. The van der Waals surface area contributed by atoms with Crippen molar-refractivity contribution in [3.8, 4) is 11.3 Å². The minimum atomic E-state index is -0.224. The van der Waals surface area contributed by atoms with Crippen LogP contribution in [0.1, 0.15) is 77.3 Å². The van der Waals surface area contributed by atoms with Crippen molar-refractivity contribution in [2.24, 2.45) is 5.73 Å². The molecule has 204 valence electrons.